The molecular formula is C27H22ClN3O4. The Morgan fingerprint density at radius 2 is 1.83 bits per heavy atom. The molecule has 1 N–H and O–H groups in total. The van der Waals surface area contributed by atoms with Crippen LogP contribution in [0.3, 0.4) is 0 Å². The molecule has 3 aromatic rings. The average molecular weight is 488 g/mol. The van der Waals surface area contributed by atoms with Gasteiger partial charge in [0.05, 0.1) is 30.4 Å². The number of anilines is 1. The second kappa shape index (κ2) is 12.1. The molecule has 0 spiro atoms. The maximum atomic E-state index is 12.6. The van der Waals surface area contributed by atoms with Crippen LogP contribution in [0, 0.1) is 22.7 Å². The van der Waals surface area contributed by atoms with E-state index in [1.165, 1.54) is 13.2 Å². The number of methoxy groups -OCH3 is 1. The van der Waals surface area contributed by atoms with Crippen molar-refractivity contribution < 1.29 is 19.0 Å². The molecule has 0 radical (unpaired) electrons. The summed E-state index contributed by atoms with van der Waals surface area (Å²) in [7, 11) is 1.46. The third-order valence-electron chi connectivity index (χ3n) is 4.86. The summed E-state index contributed by atoms with van der Waals surface area (Å²) >= 11 is 6.44. The summed E-state index contributed by atoms with van der Waals surface area (Å²) in [4.78, 5) is 12.6. The first-order valence-electron chi connectivity index (χ1n) is 10.6. The van der Waals surface area contributed by atoms with E-state index in [0.29, 0.717) is 40.5 Å². The van der Waals surface area contributed by atoms with Gasteiger partial charge < -0.3 is 19.5 Å². The Labute approximate surface area is 208 Å². The second-order valence-electron chi connectivity index (χ2n) is 7.17. The summed E-state index contributed by atoms with van der Waals surface area (Å²) in [6.07, 6.45) is 1.41. The number of halogens is 1. The van der Waals surface area contributed by atoms with Gasteiger partial charge >= 0.3 is 0 Å². The van der Waals surface area contributed by atoms with Gasteiger partial charge in [0, 0.05) is 11.3 Å². The summed E-state index contributed by atoms with van der Waals surface area (Å²) in [5.74, 6) is 0.723. The van der Waals surface area contributed by atoms with Gasteiger partial charge in [-0.25, -0.2) is 0 Å². The van der Waals surface area contributed by atoms with Crippen LogP contribution in [0.5, 0.6) is 17.2 Å². The van der Waals surface area contributed by atoms with Crippen molar-refractivity contribution in [1.29, 1.82) is 10.5 Å². The topological polar surface area (TPSA) is 104 Å². The van der Waals surface area contributed by atoms with E-state index in [0.717, 1.165) is 0 Å². The Hall–Kier alpha value is -4.46. The fraction of sp³-hybridized carbons (Fsp3) is 0.148. The van der Waals surface area contributed by atoms with Crippen molar-refractivity contribution in [2.75, 3.05) is 19.0 Å². The summed E-state index contributed by atoms with van der Waals surface area (Å²) in [5, 5.41) is 21.7. The molecule has 0 fully saturated rings. The van der Waals surface area contributed by atoms with Crippen LogP contribution in [0.4, 0.5) is 5.69 Å². The normalized spacial score (nSPS) is 10.6. The van der Waals surface area contributed by atoms with E-state index in [9.17, 15) is 15.3 Å². The number of hydrogen-bond donors (Lipinski definition) is 1. The van der Waals surface area contributed by atoms with E-state index < -0.39 is 5.91 Å². The van der Waals surface area contributed by atoms with Crippen LogP contribution in [-0.4, -0.2) is 19.6 Å². The number of carbonyl (C=O) groups is 1. The highest BCUT2D eigenvalue weighted by Crippen LogP contribution is 2.37. The maximum Gasteiger partial charge on any atom is 0.266 e. The van der Waals surface area contributed by atoms with Gasteiger partial charge in [-0.15, -0.1) is 0 Å². The number of ether oxygens (including phenoxy) is 3. The van der Waals surface area contributed by atoms with Gasteiger partial charge in [0.1, 0.15) is 24.0 Å². The molecule has 0 aromatic heterocycles. The standard InChI is InChI=1S/C27H22ClN3O4/c1-3-34-23-10-8-22(9-11-23)31-27(32)21(16-30)12-18-13-24(28)26(25(14-18)33-2)35-17-20-7-5-4-6-19(20)15-29/h4-14H,3,17H2,1-2H3,(H,31,32)/b21-12-. The second-order valence-corrected chi connectivity index (χ2v) is 7.58. The largest absolute Gasteiger partial charge is 0.494 e. The SMILES string of the molecule is CCOc1ccc(NC(=O)/C(C#N)=C\c2cc(Cl)c(OCc3ccccc3C#N)c(OC)c2)cc1. The molecule has 0 saturated heterocycles. The third-order valence-corrected chi connectivity index (χ3v) is 5.14. The first-order chi connectivity index (χ1) is 17.0. The van der Waals surface area contributed by atoms with E-state index in [2.05, 4.69) is 11.4 Å². The molecule has 1 amide bonds. The molecule has 0 atom stereocenters. The Morgan fingerprint density at radius 1 is 1.09 bits per heavy atom. The highest BCUT2D eigenvalue weighted by Gasteiger charge is 2.15. The molecule has 7 nitrogen and oxygen atoms in total. The lowest BCUT2D eigenvalue weighted by atomic mass is 10.1. The zero-order valence-electron chi connectivity index (χ0n) is 19.2. The number of carbonyl (C=O) groups excluding carboxylic acids is 1. The van der Waals surface area contributed by atoms with Crippen LogP contribution in [0.2, 0.25) is 5.02 Å². The van der Waals surface area contributed by atoms with E-state index in [1.807, 2.05) is 19.1 Å². The molecule has 0 aliphatic carbocycles. The van der Waals surface area contributed by atoms with Crippen molar-refractivity contribution in [3.8, 4) is 29.4 Å². The van der Waals surface area contributed by atoms with Gasteiger partial charge in [0.2, 0.25) is 0 Å². The quantitative estimate of drug-likeness (QED) is 0.304. The molecule has 0 unspecified atom stereocenters. The molecule has 0 aliphatic rings. The van der Waals surface area contributed by atoms with Crippen LogP contribution in [0.15, 0.2) is 66.2 Å². The number of nitrogens with one attached hydrogen (secondary N) is 1. The van der Waals surface area contributed by atoms with Gasteiger partial charge in [0.15, 0.2) is 11.5 Å². The number of benzene rings is 3. The highest BCUT2D eigenvalue weighted by molar-refractivity contribution is 6.32. The summed E-state index contributed by atoms with van der Waals surface area (Å²) in [5.41, 5.74) is 2.09. The minimum absolute atomic E-state index is 0.114. The van der Waals surface area contributed by atoms with Gasteiger partial charge in [-0.3, -0.25) is 4.79 Å². The summed E-state index contributed by atoms with van der Waals surface area (Å²) < 4.78 is 16.6. The zero-order chi connectivity index (χ0) is 25.2. The Balaban J connectivity index is 1.79. The fourth-order valence-corrected chi connectivity index (χ4v) is 3.46. The van der Waals surface area contributed by atoms with Crippen LogP contribution >= 0.6 is 11.6 Å². The summed E-state index contributed by atoms with van der Waals surface area (Å²) in [6, 6.07) is 21.1. The Kier molecular flexibility index (Phi) is 8.72. The van der Waals surface area contributed by atoms with Gasteiger partial charge in [-0.1, -0.05) is 29.8 Å². The molecule has 0 bridgehead atoms. The van der Waals surface area contributed by atoms with E-state index in [1.54, 1.807) is 54.6 Å². The molecular weight excluding hydrogens is 466 g/mol. The van der Waals surface area contributed by atoms with Crippen molar-refractivity contribution in [3.63, 3.8) is 0 Å². The number of hydrogen-bond acceptors (Lipinski definition) is 6. The lowest BCUT2D eigenvalue weighted by Gasteiger charge is -2.14. The van der Waals surface area contributed by atoms with Crippen LogP contribution in [0.25, 0.3) is 6.08 Å². The minimum Gasteiger partial charge on any atom is -0.494 e. The first-order valence-corrected chi connectivity index (χ1v) is 11.0. The molecule has 3 rings (SSSR count). The van der Waals surface area contributed by atoms with Crippen LogP contribution < -0.4 is 19.5 Å². The first kappa shape index (κ1) is 25.2. The van der Waals surface area contributed by atoms with Crippen molar-refractivity contribution in [3.05, 3.63) is 87.9 Å². The molecule has 0 aliphatic heterocycles. The smallest absolute Gasteiger partial charge is 0.266 e. The minimum atomic E-state index is -0.569. The Bertz CT molecular complexity index is 1320. The predicted molar refractivity (Wildman–Crippen MR) is 133 cm³/mol. The molecule has 3 aromatic carbocycles. The van der Waals surface area contributed by atoms with Crippen LogP contribution in [-0.2, 0) is 11.4 Å². The fourth-order valence-electron chi connectivity index (χ4n) is 3.18. The van der Waals surface area contributed by atoms with Crippen molar-refractivity contribution in [2.24, 2.45) is 0 Å². The van der Waals surface area contributed by atoms with Gasteiger partial charge in [-0.05, 0) is 61.0 Å². The predicted octanol–water partition coefficient (Wildman–Crippen LogP) is 5.74. The molecule has 35 heavy (non-hydrogen) atoms. The number of nitrogens with zero attached hydrogens (tertiary/aromatic N) is 2. The average Bonchev–Trinajstić information content (AvgIpc) is 2.87. The van der Waals surface area contributed by atoms with E-state index >= 15 is 0 Å². The van der Waals surface area contributed by atoms with E-state index in [4.69, 9.17) is 25.8 Å². The lowest BCUT2D eigenvalue weighted by molar-refractivity contribution is -0.112. The highest BCUT2D eigenvalue weighted by atomic mass is 35.5. The third kappa shape index (κ3) is 6.54. The monoisotopic (exact) mass is 487 g/mol. The number of rotatable bonds is 9. The van der Waals surface area contributed by atoms with Gasteiger partial charge in [0.25, 0.3) is 5.91 Å². The van der Waals surface area contributed by atoms with E-state index in [-0.39, 0.29) is 23.0 Å². The molecule has 8 heteroatoms. The molecule has 0 saturated carbocycles. The number of amides is 1. The van der Waals surface area contributed by atoms with Crippen molar-refractivity contribution in [1.82, 2.24) is 0 Å². The zero-order valence-corrected chi connectivity index (χ0v) is 19.9. The summed E-state index contributed by atoms with van der Waals surface area (Å²) in [6.45, 7) is 2.53. The number of nitriles is 2. The van der Waals surface area contributed by atoms with Gasteiger partial charge in [-0.2, -0.15) is 10.5 Å². The maximum absolute atomic E-state index is 12.6. The van der Waals surface area contributed by atoms with Crippen LogP contribution in [0.1, 0.15) is 23.6 Å². The lowest BCUT2D eigenvalue weighted by Crippen LogP contribution is -2.13. The van der Waals surface area contributed by atoms with Crippen molar-refractivity contribution in [2.45, 2.75) is 13.5 Å². The van der Waals surface area contributed by atoms with Crippen molar-refractivity contribution >= 4 is 29.3 Å². The molecule has 0 heterocycles. The Morgan fingerprint density at radius 3 is 2.49 bits per heavy atom. The molecule has 176 valence electrons.